The molecule has 1 aliphatic heterocycles. The second-order valence-corrected chi connectivity index (χ2v) is 16.5. The minimum absolute atomic E-state index is 0.0336. The van der Waals surface area contributed by atoms with Crippen molar-refractivity contribution in [1.29, 1.82) is 0 Å². The third-order valence-electron chi connectivity index (χ3n) is 6.25. The summed E-state index contributed by atoms with van der Waals surface area (Å²) in [6, 6.07) is 7.08. The van der Waals surface area contributed by atoms with E-state index in [9.17, 15) is 4.79 Å². The van der Waals surface area contributed by atoms with Crippen molar-refractivity contribution in [3.05, 3.63) is 18.2 Å². The molecule has 2 aromatic rings. The van der Waals surface area contributed by atoms with E-state index in [2.05, 4.69) is 30.1 Å². The Kier molecular flexibility index (Phi) is 7.24. The molecule has 0 saturated carbocycles. The van der Waals surface area contributed by atoms with Crippen molar-refractivity contribution < 1.29 is 18.8 Å². The first-order valence-electron chi connectivity index (χ1n) is 11.6. The van der Waals surface area contributed by atoms with Gasteiger partial charge in [0.2, 0.25) is 5.91 Å². The molecule has 7 nitrogen and oxygen atoms in total. The maximum atomic E-state index is 12.2. The quantitative estimate of drug-likeness (QED) is 0.445. The highest BCUT2D eigenvalue weighted by Crippen LogP contribution is 2.36. The van der Waals surface area contributed by atoms with Crippen LogP contribution in [0.4, 0.5) is 5.82 Å². The Morgan fingerprint density at radius 3 is 2.44 bits per heavy atom. The zero-order chi connectivity index (χ0) is 23.7. The predicted octanol–water partition coefficient (Wildman–Crippen LogP) is 4.39. The Morgan fingerprint density at radius 2 is 1.84 bits per heavy atom. The van der Waals surface area contributed by atoms with Crippen LogP contribution in [0, 0.1) is 0 Å². The van der Waals surface area contributed by atoms with Gasteiger partial charge < -0.3 is 19.4 Å². The van der Waals surface area contributed by atoms with Crippen LogP contribution in [0.5, 0.6) is 0 Å². The maximum absolute atomic E-state index is 12.2. The van der Waals surface area contributed by atoms with Gasteiger partial charge in [-0.15, -0.1) is 0 Å². The number of anilines is 1. The van der Waals surface area contributed by atoms with Crippen LogP contribution in [-0.2, 0) is 25.6 Å². The highest BCUT2D eigenvalue weighted by atomic mass is 28.3. The summed E-state index contributed by atoms with van der Waals surface area (Å²) in [4.78, 5) is 12.2. The molecule has 1 fully saturated rings. The predicted molar refractivity (Wildman–Crippen MR) is 133 cm³/mol. The standard InChI is InChI=1S/C23H38BN3O4Si/c1-9-10-20(28)25-21-18-12-11-17(24-30-22(2,3)23(4,5)31-24)15-19(18)27(26-21)16-29-13-14-32(6,7)8/h11-12,15H,9-10,13-14,16H2,1-8H3,(H,25,26,28). The number of benzene rings is 1. The average Bonchev–Trinajstić information content (AvgIpc) is 3.11. The topological polar surface area (TPSA) is 74.6 Å². The molecule has 176 valence electrons. The molecule has 1 amide bonds. The Morgan fingerprint density at radius 1 is 1.19 bits per heavy atom. The first-order chi connectivity index (χ1) is 14.8. The molecule has 32 heavy (non-hydrogen) atoms. The molecule has 1 aromatic heterocycles. The molecule has 0 unspecified atom stereocenters. The van der Waals surface area contributed by atoms with E-state index < -0.39 is 26.4 Å². The van der Waals surface area contributed by atoms with E-state index in [1.54, 1.807) is 0 Å². The zero-order valence-electron chi connectivity index (χ0n) is 20.9. The molecule has 1 saturated heterocycles. The molecule has 1 N–H and O–H groups in total. The molecule has 0 radical (unpaired) electrons. The summed E-state index contributed by atoms with van der Waals surface area (Å²) < 4.78 is 20.2. The van der Waals surface area contributed by atoms with Crippen molar-refractivity contribution in [2.75, 3.05) is 11.9 Å². The molecule has 3 rings (SSSR count). The molecular formula is C23H38BN3O4Si. The Balaban J connectivity index is 1.89. The van der Waals surface area contributed by atoms with Crippen LogP contribution < -0.4 is 10.8 Å². The van der Waals surface area contributed by atoms with E-state index in [0.29, 0.717) is 25.6 Å². The number of carbonyl (C=O) groups excluding carboxylic acids is 1. The first kappa shape index (κ1) is 25.0. The lowest BCUT2D eigenvalue weighted by atomic mass is 9.79. The molecule has 1 aliphatic rings. The maximum Gasteiger partial charge on any atom is 0.494 e. The third kappa shape index (κ3) is 5.62. The number of aromatic nitrogens is 2. The van der Waals surface area contributed by atoms with Gasteiger partial charge in [0.05, 0.1) is 16.7 Å². The number of hydrogen-bond acceptors (Lipinski definition) is 5. The van der Waals surface area contributed by atoms with E-state index in [-0.39, 0.29) is 5.91 Å². The molecule has 2 heterocycles. The zero-order valence-corrected chi connectivity index (χ0v) is 21.9. The summed E-state index contributed by atoms with van der Waals surface area (Å²) in [5.41, 5.74) is 0.987. The normalized spacial score (nSPS) is 17.8. The Hall–Kier alpha value is -1.68. The van der Waals surface area contributed by atoms with E-state index in [4.69, 9.17) is 14.0 Å². The summed E-state index contributed by atoms with van der Waals surface area (Å²) in [5, 5.41) is 8.49. The summed E-state index contributed by atoms with van der Waals surface area (Å²) in [6.45, 7) is 18.2. The summed E-state index contributed by atoms with van der Waals surface area (Å²) in [6.07, 6.45) is 1.25. The van der Waals surface area contributed by atoms with Crippen molar-refractivity contribution in [1.82, 2.24) is 9.78 Å². The van der Waals surface area contributed by atoms with Crippen LogP contribution in [-0.4, -0.2) is 48.7 Å². The lowest BCUT2D eigenvalue weighted by molar-refractivity contribution is -0.116. The highest BCUT2D eigenvalue weighted by Gasteiger charge is 2.51. The lowest BCUT2D eigenvalue weighted by Crippen LogP contribution is -2.41. The van der Waals surface area contributed by atoms with Gasteiger partial charge in [0.15, 0.2) is 5.82 Å². The van der Waals surface area contributed by atoms with Crippen LogP contribution in [0.25, 0.3) is 10.9 Å². The number of hydrogen-bond donors (Lipinski definition) is 1. The van der Waals surface area contributed by atoms with E-state index >= 15 is 0 Å². The van der Waals surface area contributed by atoms with Gasteiger partial charge in [-0.2, -0.15) is 5.10 Å². The SMILES string of the molecule is CCCC(=O)Nc1nn(COCC[Si](C)(C)C)c2cc(B3OC(C)(C)C(C)(C)O3)ccc12. The second-order valence-electron chi connectivity index (χ2n) is 10.9. The van der Waals surface area contributed by atoms with Crippen LogP contribution in [0.3, 0.4) is 0 Å². The van der Waals surface area contributed by atoms with Crippen LogP contribution in [0.2, 0.25) is 25.7 Å². The minimum Gasteiger partial charge on any atom is -0.399 e. The third-order valence-corrected chi connectivity index (χ3v) is 7.95. The van der Waals surface area contributed by atoms with Gasteiger partial charge in [0.25, 0.3) is 0 Å². The van der Waals surface area contributed by atoms with Crippen LogP contribution in [0.1, 0.15) is 47.5 Å². The van der Waals surface area contributed by atoms with E-state index in [1.165, 1.54) is 0 Å². The number of fused-ring (bicyclic) bond motifs is 1. The molecule has 0 spiro atoms. The van der Waals surface area contributed by atoms with Gasteiger partial charge in [-0.3, -0.25) is 4.79 Å². The fourth-order valence-corrected chi connectivity index (χ4v) is 4.22. The van der Waals surface area contributed by atoms with Gasteiger partial charge in [-0.05, 0) is 57.8 Å². The Labute approximate surface area is 193 Å². The fraction of sp³-hybridized carbons (Fsp3) is 0.652. The molecule has 0 aliphatic carbocycles. The number of carbonyl (C=O) groups is 1. The first-order valence-corrected chi connectivity index (χ1v) is 15.3. The van der Waals surface area contributed by atoms with E-state index in [1.807, 2.05) is 57.5 Å². The van der Waals surface area contributed by atoms with Crippen molar-refractivity contribution in [2.45, 2.75) is 91.1 Å². The van der Waals surface area contributed by atoms with E-state index in [0.717, 1.165) is 28.8 Å². The van der Waals surface area contributed by atoms with Crippen molar-refractivity contribution in [2.24, 2.45) is 0 Å². The van der Waals surface area contributed by atoms with Gasteiger partial charge in [0.1, 0.15) is 6.73 Å². The molecule has 9 heteroatoms. The number of nitrogens with zero attached hydrogens (tertiary/aromatic N) is 2. The van der Waals surface area contributed by atoms with Gasteiger partial charge in [0, 0.05) is 26.5 Å². The van der Waals surface area contributed by atoms with Crippen LogP contribution in [0.15, 0.2) is 18.2 Å². The van der Waals surface area contributed by atoms with Gasteiger partial charge in [-0.1, -0.05) is 32.6 Å². The second kappa shape index (κ2) is 9.29. The summed E-state index contributed by atoms with van der Waals surface area (Å²) >= 11 is 0. The molecular weight excluding hydrogens is 421 g/mol. The van der Waals surface area contributed by atoms with Gasteiger partial charge in [-0.25, -0.2) is 4.68 Å². The molecule has 0 bridgehead atoms. The van der Waals surface area contributed by atoms with Crippen LogP contribution >= 0.6 is 0 Å². The lowest BCUT2D eigenvalue weighted by Gasteiger charge is -2.32. The highest BCUT2D eigenvalue weighted by molar-refractivity contribution is 6.76. The molecule has 0 atom stereocenters. The monoisotopic (exact) mass is 459 g/mol. The largest absolute Gasteiger partial charge is 0.494 e. The van der Waals surface area contributed by atoms with Crippen molar-refractivity contribution >= 4 is 43.3 Å². The number of nitrogens with one attached hydrogen (secondary N) is 1. The molecule has 1 aromatic carbocycles. The minimum atomic E-state index is -1.17. The van der Waals surface area contributed by atoms with Crippen molar-refractivity contribution in [3.63, 3.8) is 0 Å². The summed E-state index contributed by atoms with van der Waals surface area (Å²) in [7, 11) is -1.63. The van der Waals surface area contributed by atoms with Gasteiger partial charge >= 0.3 is 7.12 Å². The Bertz CT molecular complexity index is 952. The fourth-order valence-electron chi connectivity index (χ4n) is 3.46. The summed E-state index contributed by atoms with van der Waals surface area (Å²) in [5.74, 6) is 0.529. The number of rotatable bonds is 9. The smallest absolute Gasteiger partial charge is 0.399 e. The number of amides is 1. The van der Waals surface area contributed by atoms with Crippen molar-refractivity contribution in [3.8, 4) is 0 Å². The average molecular weight is 459 g/mol. The number of ether oxygens (including phenoxy) is 1.